The highest BCUT2D eigenvalue weighted by atomic mass is 32.2. The van der Waals surface area contributed by atoms with E-state index >= 15 is 0 Å². The number of methoxy groups -OCH3 is 1. The predicted molar refractivity (Wildman–Crippen MR) is 169 cm³/mol. The molecule has 2 N–H and O–H groups in total. The molecule has 4 rings (SSSR count). The minimum absolute atomic E-state index is 0.122. The molecule has 0 aromatic heterocycles. The predicted octanol–water partition coefficient (Wildman–Crippen LogP) is 5.06. The Hall–Kier alpha value is -3.74. The van der Waals surface area contributed by atoms with Gasteiger partial charge in [0.05, 0.1) is 37.5 Å². The second kappa shape index (κ2) is 13.7. The van der Waals surface area contributed by atoms with Crippen molar-refractivity contribution < 1.29 is 27.4 Å². The number of amides is 1. The van der Waals surface area contributed by atoms with Crippen molar-refractivity contribution in [3.05, 3.63) is 64.6 Å². The fraction of sp³-hybridized carbons (Fsp3) is 0.452. The lowest BCUT2D eigenvalue weighted by Gasteiger charge is -2.26. The molecule has 0 radical (unpaired) electrons. The van der Waals surface area contributed by atoms with Gasteiger partial charge in [0.25, 0.3) is 5.91 Å². The van der Waals surface area contributed by atoms with Gasteiger partial charge in [-0.25, -0.2) is 8.42 Å². The number of nitrogens with zero attached hydrogens (tertiary/aromatic N) is 2. The molecule has 0 aliphatic carbocycles. The molecule has 0 saturated carbocycles. The Morgan fingerprint density at radius 1 is 1.07 bits per heavy atom. The van der Waals surface area contributed by atoms with Gasteiger partial charge in [-0.05, 0) is 47.1 Å². The van der Waals surface area contributed by atoms with Crippen molar-refractivity contribution in [2.24, 2.45) is 5.18 Å². The summed E-state index contributed by atoms with van der Waals surface area (Å²) >= 11 is 0. The van der Waals surface area contributed by atoms with Crippen molar-refractivity contribution >= 4 is 38.1 Å². The highest BCUT2D eigenvalue weighted by Gasteiger charge is 2.28. The topological polar surface area (TPSA) is 136 Å². The molecule has 1 aliphatic heterocycles. The molecular formula is C31H40N4O7S. The summed E-state index contributed by atoms with van der Waals surface area (Å²) in [6, 6.07) is 12.8. The third kappa shape index (κ3) is 7.81. The lowest BCUT2D eigenvalue weighted by atomic mass is 9.86. The van der Waals surface area contributed by atoms with Crippen molar-refractivity contribution in [1.82, 2.24) is 4.90 Å². The fourth-order valence-corrected chi connectivity index (χ4v) is 5.54. The Morgan fingerprint density at radius 2 is 1.74 bits per heavy atom. The van der Waals surface area contributed by atoms with Crippen LogP contribution in [0.2, 0.25) is 0 Å². The van der Waals surface area contributed by atoms with Crippen LogP contribution in [0.1, 0.15) is 44.9 Å². The highest BCUT2D eigenvalue weighted by molar-refractivity contribution is 7.92. The summed E-state index contributed by atoms with van der Waals surface area (Å²) in [6.45, 7) is 11.8. The quantitative estimate of drug-likeness (QED) is 0.271. The first-order chi connectivity index (χ1) is 20.5. The zero-order chi connectivity index (χ0) is 31.2. The average Bonchev–Trinajstić information content (AvgIpc) is 2.98. The van der Waals surface area contributed by atoms with Gasteiger partial charge in [0.2, 0.25) is 10.0 Å². The molecule has 3 aromatic rings. The molecule has 11 nitrogen and oxygen atoms in total. The van der Waals surface area contributed by atoms with Crippen LogP contribution in [-0.2, 0) is 25.0 Å². The molecule has 0 bridgehead atoms. The summed E-state index contributed by atoms with van der Waals surface area (Å²) in [7, 11) is -2.27. The Bertz CT molecular complexity index is 1560. The van der Waals surface area contributed by atoms with E-state index in [-0.39, 0.29) is 22.9 Å². The zero-order valence-corrected chi connectivity index (χ0v) is 26.1. The number of nitroso groups, excluding NO2 is 1. The molecule has 1 amide bonds. The summed E-state index contributed by atoms with van der Waals surface area (Å²) in [5.74, 6) is -0.0638. The lowest BCUT2D eigenvalue weighted by Crippen LogP contribution is -2.38. The standard InChI is InChI=1S/C31H40N4O7S/c1-6-43(38,39)34-26-20-21(31(2,3)4)19-25(29(26)40-5)32-30(36)28(33-37)24-11-12-27(23-10-8-7-9-22(23)24)42-18-15-35-13-16-41-17-14-35/h7-12,19-20,28,34H,6,13-18H2,1-5H3,(H,32,36). The molecule has 0 spiro atoms. The summed E-state index contributed by atoms with van der Waals surface area (Å²) in [5, 5.41) is 7.40. The van der Waals surface area contributed by atoms with E-state index in [0.29, 0.717) is 36.5 Å². The summed E-state index contributed by atoms with van der Waals surface area (Å²) in [6.07, 6.45) is 0. The normalized spacial score (nSPS) is 15.1. The Kier molecular flexibility index (Phi) is 10.3. The third-order valence-corrected chi connectivity index (χ3v) is 8.69. The molecule has 1 heterocycles. The number of rotatable bonds is 12. The monoisotopic (exact) mass is 612 g/mol. The zero-order valence-electron chi connectivity index (χ0n) is 25.3. The first kappa shape index (κ1) is 32.2. The number of carbonyl (C=O) groups is 1. The molecule has 1 unspecified atom stereocenters. The molecule has 3 aromatic carbocycles. The minimum Gasteiger partial charge on any atom is -0.492 e. The maximum Gasteiger partial charge on any atom is 0.257 e. The van der Waals surface area contributed by atoms with Gasteiger partial charge in [0.1, 0.15) is 12.4 Å². The summed E-state index contributed by atoms with van der Waals surface area (Å²) in [4.78, 5) is 28.1. The van der Waals surface area contributed by atoms with E-state index in [1.807, 2.05) is 45.0 Å². The number of nitrogens with one attached hydrogen (secondary N) is 2. The number of anilines is 2. The Balaban J connectivity index is 1.65. The van der Waals surface area contributed by atoms with Gasteiger partial charge in [-0.1, -0.05) is 56.3 Å². The number of fused-ring (bicyclic) bond motifs is 1. The maximum atomic E-state index is 13.7. The van der Waals surface area contributed by atoms with E-state index in [1.54, 1.807) is 24.3 Å². The Morgan fingerprint density at radius 3 is 2.37 bits per heavy atom. The van der Waals surface area contributed by atoms with Crippen molar-refractivity contribution in [3.63, 3.8) is 0 Å². The number of sulfonamides is 1. The number of hydrogen-bond acceptors (Lipinski definition) is 9. The maximum absolute atomic E-state index is 13.7. The molecule has 232 valence electrons. The van der Waals surface area contributed by atoms with E-state index < -0.39 is 27.4 Å². The van der Waals surface area contributed by atoms with Crippen LogP contribution in [0.4, 0.5) is 11.4 Å². The minimum atomic E-state index is -3.65. The van der Waals surface area contributed by atoms with Gasteiger partial charge in [-0.3, -0.25) is 14.4 Å². The van der Waals surface area contributed by atoms with Crippen LogP contribution in [0.3, 0.4) is 0 Å². The number of carbonyl (C=O) groups excluding carboxylic acids is 1. The number of ether oxygens (including phenoxy) is 3. The van der Waals surface area contributed by atoms with Crippen LogP contribution in [0.15, 0.2) is 53.7 Å². The van der Waals surface area contributed by atoms with Crippen LogP contribution in [0.25, 0.3) is 10.8 Å². The Labute approximate surface area is 252 Å². The lowest BCUT2D eigenvalue weighted by molar-refractivity contribution is -0.117. The van der Waals surface area contributed by atoms with E-state index in [4.69, 9.17) is 14.2 Å². The molecule has 1 atom stereocenters. The molecule has 12 heteroatoms. The van der Waals surface area contributed by atoms with Gasteiger partial charge in [0.15, 0.2) is 11.8 Å². The van der Waals surface area contributed by atoms with Crippen LogP contribution in [0.5, 0.6) is 11.5 Å². The number of morpholine rings is 1. The van der Waals surface area contributed by atoms with Crippen LogP contribution >= 0.6 is 0 Å². The molecular weight excluding hydrogens is 572 g/mol. The second-order valence-corrected chi connectivity index (χ2v) is 13.4. The fourth-order valence-electron chi connectivity index (χ4n) is 4.91. The third-order valence-electron chi connectivity index (χ3n) is 7.40. The van der Waals surface area contributed by atoms with E-state index in [0.717, 1.165) is 30.6 Å². The van der Waals surface area contributed by atoms with Gasteiger partial charge >= 0.3 is 0 Å². The van der Waals surface area contributed by atoms with Crippen LogP contribution in [0, 0.1) is 4.91 Å². The van der Waals surface area contributed by atoms with Gasteiger partial charge in [-0.2, -0.15) is 0 Å². The van der Waals surface area contributed by atoms with E-state index in [2.05, 4.69) is 20.1 Å². The number of benzene rings is 3. The first-order valence-electron chi connectivity index (χ1n) is 14.3. The number of hydrogen-bond donors (Lipinski definition) is 2. The molecule has 43 heavy (non-hydrogen) atoms. The van der Waals surface area contributed by atoms with Crippen molar-refractivity contribution in [3.8, 4) is 11.5 Å². The van der Waals surface area contributed by atoms with E-state index in [9.17, 15) is 18.1 Å². The van der Waals surface area contributed by atoms with Gasteiger partial charge in [-0.15, -0.1) is 4.91 Å². The molecule has 1 saturated heterocycles. The first-order valence-corrected chi connectivity index (χ1v) is 15.9. The summed E-state index contributed by atoms with van der Waals surface area (Å²) in [5.41, 5.74) is 1.17. The SMILES string of the molecule is CCS(=O)(=O)Nc1cc(C(C)(C)C)cc(NC(=O)C(N=O)c2ccc(OCCN3CCOCC3)c3ccccc23)c1OC. The van der Waals surface area contributed by atoms with Crippen molar-refractivity contribution in [2.45, 2.75) is 39.2 Å². The van der Waals surface area contributed by atoms with E-state index in [1.165, 1.54) is 14.0 Å². The van der Waals surface area contributed by atoms with Crippen molar-refractivity contribution in [1.29, 1.82) is 0 Å². The second-order valence-electron chi connectivity index (χ2n) is 11.4. The highest BCUT2D eigenvalue weighted by Crippen LogP contribution is 2.40. The molecule has 1 aliphatic rings. The van der Waals surface area contributed by atoms with Crippen LogP contribution < -0.4 is 19.5 Å². The molecule has 1 fully saturated rings. The summed E-state index contributed by atoms with van der Waals surface area (Å²) < 4.78 is 44.5. The van der Waals surface area contributed by atoms with Gasteiger partial charge in [0, 0.05) is 25.0 Å². The van der Waals surface area contributed by atoms with Gasteiger partial charge < -0.3 is 19.5 Å². The van der Waals surface area contributed by atoms with Crippen molar-refractivity contribution in [2.75, 3.05) is 62.4 Å². The average molecular weight is 613 g/mol. The van der Waals surface area contributed by atoms with Crippen LogP contribution in [-0.4, -0.2) is 71.5 Å². The smallest absolute Gasteiger partial charge is 0.257 e. The largest absolute Gasteiger partial charge is 0.492 e.